The highest BCUT2D eigenvalue weighted by Crippen LogP contribution is 2.36. The van der Waals surface area contributed by atoms with E-state index in [0.29, 0.717) is 29.5 Å². The van der Waals surface area contributed by atoms with E-state index in [-0.39, 0.29) is 17.0 Å². The van der Waals surface area contributed by atoms with Crippen LogP contribution < -0.4 is 14.7 Å². The lowest BCUT2D eigenvalue weighted by atomic mass is 10.0. The third-order valence-corrected chi connectivity index (χ3v) is 6.35. The van der Waals surface area contributed by atoms with Gasteiger partial charge in [-0.15, -0.1) is 13.2 Å². The van der Waals surface area contributed by atoms with E-state index in [1.54, 1.807) is 0 Å². The minimum Gasteiger partial charge on any atom is -0.423 e. The Labute approximate surface area is 163 Å². The molecule has 29 heavy (non-hydrogen) atoms. The van der Waals surface area contributed by atoms with Gasteiger partial charge in [0.25, 0.3) is 10.0 Å². The van der Waals surface area contributed by atoms with Crippen LogP contribution in [0.25, 0.3) is 11.0 Å². The lowest BCUT2D eigenvalue weighted by Gasteiger charge is -2.31. The fraction of sp³-hybridized carbons (Fsp3) is 0.211. The van der Waals surface area contributed by atoms with Crippen molar-refractivity contribution in [3.63, 3.8) is 0 Å². The third-order valence-electron chi connectivity index (χ3n) is 4.54. The first-order valence-corrected chi connectivity index (χ1v) is 10.0. The molecule has 1 aromatic heterocycles. The maximum atomic E-state index is 13.2. The smallest absolute Gasteiger partial charge is 0.423 e. The predicted molar refractivity (Wildman–Crippen MR) is 98.5 cm³/mol. The highest BCUT2D eigenvalue weighted by molar-refractivity contribution is 7.92. The van der Waals surface area contributed by atoms with Gasteiger partial charge in [0.15, 0.2) is 0 Å². The highest BCUT2D eigenvalue weighted by Gasteiger charge is 2.33. The van der Waals surface area contributed by atoms with Gasteiger partial charge in [0.05, 0.1) is 10.6 Å². The van der Waals surface area contributed by atoms with Gasteiger partial charge < -0.3 is 9.15 Å². The summed E-state index contributed by atoms with van der Waals surface area (Å²) in [6.07, 6.45) is -3.95. The SMILES string of the molecule is O=c1ccc2cc(S(=O)(=O)N3CCCc4cc(OC(F)(F)F)ccc43)ccc2o1. The van der Waals surface area contributed by atoms with Crippen molar-refractivity contribution in [2.45, 2.75) is 24.1 Å². The number of hydrogen-bond acceptors (Lipinski definition) is 5. The molecule has 0 fully saturated rings. The van der Waals surface area contributed by atoms with Gasteiger partial charge >= 0.3 is 12.0 Å². The molecule has 0 aliphatic carbocycles. The van der Waals surface area contributed by atoms with Gasteiger partial charge in [-0.25, -0.2) is 13.2 Å². The van der Waals surface area contributed by atoms with E-state index >= 15 is 0 Å². The summed E-state index contributed by atoms with van der Waals surface area (Å²) in [4.78, 5) is 11.3. The molecule has 0 unspecified atom stereocenters. The van der Waals surface area contributed by atoms with Crippen molar-refractivity contribution in [3.8, 4) is 5.75 Å². The normalized spacial score (nSPS) is 14.7. The maximum absolute atomic E-state index is 13.2. The van der Waals surface area contributed by atoms with E-state index in [9.17, 15) is 26.4 Å². The van der Waals surface area contributed by atoms with Crippen molar-refractivity contribution in [3.05, 3.63) is 64.5 Å². The molecule has 2 aromatic carbocycles. The van der Waals surface area contributed by atoms with Crippen molar-refractivity contribution in [1.82, 2.24) is 0 Å². The number of aryl methyl sites for hydroxylation is 1. The zero-order chi connectivity index (χ0) is 20.8. The number of fused-ring (bicyclic) bond motifs is 2. The largest absolute Gasteiger partial charge is 0.573 e. The van der Waals surface area contributed by atoms with Crippen LogP contribution in [0.2, 0.25) is 0 Å². The van der Waals surface area contributed by atoms with E-state index in [4.69, 9.17) is 4.42 Å². The average molecular weight is 425 g/mol. The number of benzene rings is 2. The van der Waals surface area contributed by atoms with Crippen molar-refractivity contribution >= 4 is 26.7 Å². The molecule has 4 rings (SSSR count). The van der Waals surface area contributed by atoms with E-state index < -0.39 is 27.8 Å². The quantitative estimate of drug-likeness (QED) is 0.596. The van der Waals surface area contributed by atoms with Crippen LogP contribution in [0.5, 0.6) is 5.75 Å². The zero-order valence-electron chi connectivity index (χ0n) is 14.8. The zero-order valence-corrected chi connectivity index (χ0v) is 15.6. The second-order valence-electron chi connectivity index (χ2n) is 6.47. The topological polar surface area (TPSA) is 76.8 Å². The van der Waals surface area contributed by atoms with Gasteiger partial charge in [-0.2, -0.15) is 0 Å². The Balaban J connectivity index is 1.73. The molecule has 0 atom stereocenters. The lowest BCUT2D eigenvalue weighted by Crippen LogP contribution is -2.35. The van der Waals surface area contributed by atoms with E-state index in [2.05, 4.69) is 4.74 Å². The Bertz CT molecular complexity index is 1250. The summed E-state index contributed by atoms with van der Waals surface area (Å²) >= 11 is 0. The van der Waals surface area contributed by atoms with Crippen LogP contribution in [0.15, 0.2) is 62.6 Å². The van der Waals surface area contributed by atoms with Crippen molar-refractivity contribution in [1.29, 1.82) is 0 Å². The molecule has 1 aliphatic rings. The Morgan fingerprint density at radius 3 is 2.59 bits per heavy atom. The van der Waals surface area contributed by atoms with Gasteiger partial charge in [0.2, 0.25) is 0 Å². The number of alkyl halides is 3. The molecule has 0 N–H and O–H groups in total. The number of ether oxygens (including phenoxy) is 1. The van der Waals surface area contributed by atoms with Crippen LogP contribution in [0, 0.1) is 0 Å². The van der Waals surface area contributed by atoms with E-state index in [0.717, 1.165) is 6.07 Å². The minimum atomic E-state index is -4.82. The average Bonchev–Trinajstić information content (AvgIpc) is 2.65. The molecule has 0 saturated carbocycles. The summed E-state index contributed by atoms with van der Waals surface area (Å²) in [6, 6.07) is 10.4. The Hall–Kier alpha value is -3.01. The molecule has 10 heteroatoms. The van der Waals surface area contributed by atoms with Crippen LogP contribution in [0.4, 0.5) is 18.9 Å². The molecular weight excluding hydrogens is 411 g/mol. The van der Waals surface area contributed by atoms with E-state index in [1.165, 1.54) is 46.8 Å². The molecular formula is C19H14F3NO5S. The first kappa shape index (κ1) is 19.3. The van der Waals surface area contributed by atoms with Gasteiger partial charge in [0.1, 0.15) is 11.3 Å². The summed E-state index contributed by atoms with van der Waals surface area (Å²) in [6.45, 7) is 0.191. The second-order valence-corrected chi connectivity index (χ2v) is 8.34. The fourth-order valence-corrected chi connectivity index (χ4v) is 4.90. The summed E-state index contributed by atoms with van der Waals surface area (Å²) < 4.78 is 73.9. The molecule has 0 spiro atoms. The summed E-state index contributed by atoms with van der Waals surface area (Å²) in [7, 11) is -3.97. The third kappa shape index (κ3) is 3.80. The predicted octanol–water partition coefficient (Wildman–Crippen LogP) is 3.83. The Morgan fingerprint density at radius 2 is 1.83 bits per heavy atom. The van der Waals surface area contributed by atoms with Crippen molar-refractivity contribution in [2.24, 2.45) is 0 Å². The standard InChI is InChI=1S/C19H14F3NO5S/c20-19(21,22)28-14-4-6-16-12(10-14)2-1-9-23(16)29(25,26)15-5-7-17-13(11-15)3-8-18(24)27-17/h3-8,10-11H,1-2,9H2. The number of hydrogen-bond donors (Lipinski definition) is 0. The van der Waals surface area contributed by atoms with Crippen molar-refractivity contribution < 1.29 is 30.7 Å². The molecule has 0 amide bonds. The first-order chi connectivity index (χ1) is 13.6. The number of nitrogens with zero attached hydrogens (tertiary/aromatic N) is 1. The second kappa shape index (κ2) is 6.80. The molecule has 1 aliphatic heterocycles. The molecule has 2 heterocycles. The maximum Gasteiger partial charge on any atom is 0.573 e. The van der Waals surface area contributed by atoms with Gasteiger partial charge in [0, 0.05) is 18.0 Å². The molecule has 152 valence electrons. The van der Waals surface area contributed by atoms with Gasteiger partial charge in [-0.05, 0) is 60.9 Å². The summed E-state index contributed by atoms with van der Waals surface area (Å²) in [5.74, 6) is -0.392. The summed E-state index contributed by atoms with van der Waals surface area (Å²) in [5, 5.41) is 0.442. The van der Waals surface area contributed by atoms with Crippen LogP contribution in [0.3, 0.4) is 0 Å². The molecule has 0 radical (unpaired) electrons. The highest BCUT2D eigenvalue weighted by atomic mass is 32.2. The van der Waals surface area contributed by atoms with Crippen molar-refractivity contribution in [2.75, 3.05) is 10.8 Å². The van der Waals surface area contributed by atoms with E-state index in [1.807, 2.05) is 0 Å². The van der Waals surface area contributed by atoms with Crippen LogP contribution in [-0.2, 0) is 16.4 Å². The number of anilines is 1. The molecule has 6 nitrogen and oxygen atoms in total. The monoisotopic (exact) mass is 425 g/mol. The van der Waals surface area contributed by atoms with Crippen LogP contribution in [-0.4, -0.2) is 21.3 Å². The number of sulfonamides is 1. The number of halogens is 3. The van der Waals surface area contributed by atoms with Gasteiger partial charge in [-0.1, -0.05) is 0 Å². The Morgan fingerprint density at radius 1 is 1.03 bits per heavy atom. The van der Waals surface area contributed by atoms with Gasteiger partial charge in [-0.3, -0.25) is 4.31 Å². The fourth-order valence-electron chi connectivity index (χ4n) is 3.32. The molecule has 0 saturated heterocycles. The summed E-state index contributed by atoms with van der Waals surface area (Å²) in [5.41, 5.74) is 0.471. The molecule has 0 bridgehead atoms. The van der Waals surface area contributed by atoms with Crippen LogP contribution >= 0.6 is 0 Å². The minimum absolute atomic E-state index is 0.0117. The van der Waals surface area contributed by atoms with Crippen LogP contribution in [0.1, 0.15) is 12.0 Å². The number of rotatable bonds is 3. The first-order valence-electron chi connectivity index (χ1n) is 8.59. The Kier molecular flexibility index (Phi) is 4.53. The lowest BCUT2D eigenvalue weighted by molar-refractivity contribution is -0.274. The molecule has 3 aromatic rings.